The number of hydrogen-bond acceptors (Lipinski definition) is 3. The summed E-state index contributed by atoms with van der Waals surface area (Å²) < 4.78 is 25.9. The molecule has 1 atom stereocenters. The number of sulfonamides is 1. The van der Waals surface area contributed by atoms with E-state index in [-0.39, 0.29) is 28.0 Å². The lowest BCUT2D eigenvalue weighted by atomic mass is 10.1. The highest BCUT2D eigenvalue weighted by molar-refractivity contribution is 7.89. The number of halogens is 2. The van der Waals surface area contributed by atoms with Crippen molar-refractivity contribution in [1.82, 2.24) is 4.31 Å². The fraction of sp³-hybridized carbons (Fsp3) is 0.364. The summed E-state index contributed by atoms with van der Waals surface area (Å²) in [6.07, 6.45) is 0.298. The molecule has 1 aromatic carbocycles. The van der Waals surface area contributed by atoms with Gasteiger partial charge in [-0.1, -0.05) is 29.3 Å². The second-order valence-electron chi connectivity index (χ2n) is 4.24. The van der Waals surface area contributed by atoms with Gasteiger partial charge < -0.3 is 5.11 Å². The van der Waals surface area contributed by atoms with Gasteiger partial charge in [0.05, 0.1) is 16.0 Å². The molecule has 1 aliphatic rings. The average Bonchev–Trinajstić information content (AvgIpc) is 2.82. The molecular weight excluding hydrogens is 313 g/mol. The second-order valence-corrected chi connectivity index (χ2v) is 6.93. The van der Waals surface area contributed by atoms with Crippen molar-refractivity contribution >= 4 is 39.2 Å². The minimum absolute atomic E-state index is 0.0389. The van der Waals surface area contributed by atoms with Gasteiger partial charge in [0.15, 0.2) is 0 Å². The molecule has 0 spiro atoms. The molecule has 0 saturated carbocycles. The van der Waals surface area contributed by atoms with Crippen LogP contribution >= 0.6 is 23.2 Å². The number of carboxylic acid groups (broad SMARTS) is 1. The van der Waals surface area contributed by atoms with Crippen LogP contribution in [0.4, 0.5) is 0 Å². The highest BCUT2D eigenvalue weighted by Gasteiger charge is 2.36. The fourth-order valence-electron chi connectivity index (χ4n) is 1.97. The van der Waals surface area contributed by atoms with Crippen LogP contribution < -0.4 is 0 Å². The average molecular weight is 324 g/mol. The number of rotatable bonds is 3. The van der Waals surface area contributed by atoms with Crippen molar-refractivity contribution < 1.29 is 18.3 Å². The van der Waals surface area contributed by atoms with Crippen molar-refractivity contribution in [3.8, 4) is 0 Å². The molecule has 19 heavy (non-hydrogen) atoms. The molecule has 0 aromatic heterocycles. The van der Waals surface area contributed by atoms with E-state index < -0.39 is 21.9 Å². The molecule has 1 aromatic rings. The van der Waals surface area contributed by atoms with Gasteiger partial charge in [-0.2, -0.15) is 4.31 Å². The third-order valence-electron chi connectivity index (χ3n) is 3.03. The number of carbonyl (C=O) groups is 1. The first-order chi connectivity index (χ1) is 8.84. The Morgan fingerprint density at radius 2 is 2.05 bits per heavy atom. The van der Waals surface area contributed by atoms with Crippen LogP contribution in [-0.2, 0) is 14.8 Å². The Hall–Kier alpha value is -0.820. The van der Waals surface area contributed by atoms with Crippen molar-refractivity contribution in [3.63, 3.8) is 0 Å². The molecule has 1 fully saturated rings. The molecule has 1 aliphatic heterocycles. The molecule has 0 bridgehead atoms. The van der Waals surface area contributed by atoms with Crippen molar-refractivity contribution in [1.29, 1.82) is 0 Å². The summed E-state index contributed by atoms with van der Waals surface area (Å²) in [6, 6.07) is 4.34. The molecule has 0 amide bonds. The maximum atomic E-state index is 12.4. The van der Waals surface area contributed by atoms with E-state index in [1.54, 1.807) is 0 Å². The second kappa shape index (κ2) is 5.28. The third kappa shape index (κ3) is 2.72. The predicted molar refractivity (Wildman–Crippen MR) is 71.0 cm³/mol. The van der Waals surface area contributed by atoms with E-state index >= 15 is 0 Å². The molecule has 8 heteroatoms. The summed E-state index contributed by atoms with van der Waals surface area (Å²) in [5.74, 6) is -1.66. The Bertz CT molecular complexity index is 617. The zero-order chi connectivity index (χ0) is 14.2. The largest absolute Gasteiger partial charge is 0.481 e. The van der Waals surface area contributed by atoms with Crippen LogP contribution in [0.25, 0.3) is 0 Å². The number of benzene rings is 1. The SMILES string of the molecule is O=C(O)C1CCN(S(=O)(=O)c2cccc(Cl)c2Cl)C1. The topological polar surface area (TPSA) is 74.7 Å². The van der Waals surface area contributed by atoms with E-state index in [1.165, 1.54) is 18.2 Å². The lowest BCUT2D eigenvalue weighted by Gasteiger charge is -2.17. The van der Waals surface area contributed by atoms with Gasteiger partial charge in [0.1, 0.15) is 4.90 Å². The molecule has 104 valence electrons. The highest BCUT2D eigenvalue weighted by Crippen LogP contribution is 2.32. The van der Waals surface area contributed by atoms with Crippen LogP contribution in [0.5, 0.6) is 0 Å². The minimum Gasteiger partial charge on any atom is -0.481 e. The van der Waals surface area contributed by atoms with Crippen LogP contribution in [0.1, 0.15) is 6.42 Å². The van der Waals surface area contributed by atoms with Crippen LogP contribution in [0, 0.1) is 5.92 Å². The smallest absolute Gasteiger partial charge is 0.307 e. The first-order valence-electron chi connectivity index (χ1n) is 5.51. The summed E-state index contributed by atoms with van der Waals surface area (Å²) in [5, 5.41) is 9.01. The van der Waals surface area contributed by atoms with Gasteiger partial charge in [0.2, 0.25) is 10.0 Å². The van der Waals surface area contributed by atoms with Gasteiger partial charge in [0, 0.05) is 13.1 Å². The van der Waals surface area contributed by atoms with E-state index in [0.29, 0.717) is 6.42 Å². The van der Waals surface area contributed by atoms with Crippen LogP contribution in [0.3, 0.4) is 0 Å². The first-order valence-corrected chi connectivity index (χ1v) is 7.70. The molecule has 1 saturated heterocycles. The number of nitrogens with zero attached hydrogens (tertiary/aromatic N) is 1. The molecule has 5 nitrogen and oxygen atoms in total. The quantitative estimate of drug-likeness (QED) is 0.924. The molecule has 0 aliphatic carbocycles. The van der Waals surface area contributed by atoms with Crippen LogP contribution in [-0.4, -0.2) is 36.9 Å². The van der Waals surface area contributed by atoms with Crippen molar-refractivity contribution in [3.05, 3.63) is 28.2 Å². The summed E-state index contributed by atoms with van der Waals surface area (Å²) in [6.45, 7) is 0.128. The summed E-state index contributed by atoms with van der Waals surface area (Å²) in [4.78, 5) is 10.8. The van der Waals surface area contributed by atoms with Crippen LogP contribution in [0.2, 0.25) is 10.0 Å². The molecule has 2 rings (SSSR count). The minimum atomic E-state index is -3.80. The summed E-state index contributed by atoms with van der Waals surface area (Å²) in [5.41, 5.74) is 0. The third-order valence-corrected chi connectivity index (χ3v) is 5.87. The maximum Gasteiger partial charge on any atom is 0.307 e. The van der Waals surface area contributed by atoms with Crippen molar-refractivity contribution in [2.45, 2.75) is 11.3 Å². The van der Waals surface area contributed by atoms with Gasteiger partial charge in [-0.05, 0) is 18.6 Å². The van der Waals surface area contributed by atoms with Gasteiger partial charge in [-0.15, -0.1) is 0 Å². The van der Waals surface area contributed by atoms with E-state index in [2.05, 4.69) is 0 Å². The molecular formula is C11H11Cl2NO4S. The molecule has 1 unspecified atom stereocenters. The number of carboxylic acids is 1. The Morgan fingerprint density at radius 1 is 1.37 bits per heavy atom. The highest BCUT2D eigenvalue weighted by atomic mass is 35.5. The standard InChI is InChI=1S/C11H11Cl2NO4S/c12-8-2-1-3-9(10(8)13)19(17,18)14-5-4-7(6-14)11(15)16/h1-3,7H,4-6H2,(H,15,16). The van der Waals surface area contributed by atoms with E-state index in [4.69, 9.17) is 28.3 Å². The van der Waals surface area contributed by atoms with Gasteiger partial charge in [-0.3, -0.25) is 4.79 Å². The monoisotopic (exact) mass is 323 g/mol. The summed E-state index contributed by atoms with van der Waals surface area (Å²) >= 11 is 11.7. The van der Waals surface area contributed by atoms with Crippen molar-refractivity contribution in [2.75, 3.05) is 13.1 Å². The lowest BCUT2D eigenvalue weighted by molar-refractivity contribution is -0.141. The lowest BCUT2D eigenvalue weighted by Crippen LogP contribution is -2.30. The zero-order valence-electron chi connectivity index (χ0n) is 9.71. The summed E-state index contributed by atoms with van der Waals surface area (Å²) in [7, 11) is -3.80. The molecule has 1 N–H and O–H groups in total. The van der Waals surface area contributed by atoms with Gasteiger partial charge in [-0.25, -0.2) is 8.42 Å². The normalized spacial score (nSPS) is 20.6. The Labute approximate surface area is 120 Å². The number of hydrogen-bond donors (Lipinski definition) is 1. The Morgan fingerprint density at radius 3 is 2.63 bits per heavy atom. The van der Waals surface area contributed by atoms with Crippen LogP contribution in [0.15, 0.2) is 23.1 Å². The number of aliphatic carboxylic acids is 1. The van der Waals surface area contributed by atoms with Gasteiger partial charge >= 0.3 is 5.97 Å². The Balaban J connectivity index is 2.34. The zero-order valence-corrected chi connectivity index (χ0v) is 12.0. The molecule has 1 heterocycles. The van der Waals surface area contributed by atoms with E-state index in [0.717, 1.165) is 4.31 Å². The van der Waals surface area contributed by atoms with Crippen molar-refractivity contribution in [2.24, 2.45) is 5.92 Å². The Kier molecular flexibility index (Phi) is 4.06. The van der Waals surface area contributed by atoms with E-state index in [9.17, 15) is 13.2 Å². The van der Waals surface area contributed by atoms with E-state index in [1.807, 2.05) is 0 Å². The molecule has 0 radical (unpaired) electrons. The first kappa shape index (κ1) is 14.6. The maximum absolute atomic E-state index is 12.4. The fourth-order valence-corrected chi connectivity index (χ4v) is 4.21. The van der Waals surface area contributed by atoms with Gasteiger partial charge in [0.25, 0.3) is 0 Å². The predicted octanol–water partition coefficient (Wildman–Crippen LogP) is 2.09.